The highest BCUT2D eigenvalue weighted by molar-refractivity contribution is 5.90. The zero-order valence-electron chi connectivity index (χ0n) is 18.7. The van der Waals surface area contributed by atoms with Crippen molar-refractivity contribution in [2.24, 2.45) is 0 Å². The Hall–Kier alpha value is -2.99. The summed E-state index contributed by atoms with van der Waals surface area (Å²) in [4.78, 5) is 11.5. The number of ether oxygens (including phenoxy) is 2. The Balaban J connectivity index is 1.94. The monoisotopic (exact) mass is 425 g/mol. The van der Waals surface area contributed by atoms with E-state index in [1.807, 2.05) is 37.3 Å². The molecule has 1 unspecified atom stereocenters. The standard InChI is InChI=1S/C25H31NO5/c1-5-17-14-18(9-11-20(17)25(27)28)26-22(8-6-7-13-29-3)24-16(2)21-15-19(30-4)10-12-23(21)31-24/h9-12,14-15,22,26H,5-8,13H2,1-4H3,(H,27,28). The van der Waals surface area contributed by atoms with E-state index in [1.165, 1.54) is 0 Å². The summed E-state index contributed by atoms with van der Waals surface area (Å²) in [5, 5.41) is 14.0. The first-order valence-corrected chi connectivity index (χ1v) is 10.7. The van der Waals surface area contributed by atoms with Gasteiger partial charge in [0.05, 0.1) is 18.7 Å². The van der Waals surface area contributed by atoms with Crippen LogP contribution in [0.3, 0.4) is 0 Å². The highest BCUT2D eigenvalue weighted by atomic mass is 16.5. The lowest BCUT2D eigenvalue weighted by Gasteiger charge is -2.20. The Morgan fingerprint density at radius 3 is 2.65 bits per heavy atom. The summed E-state index contributed by atoms with van der Waals surface area (Å²) in [6, 6.07) is 11.2. The number of carboxylic acids is 1. The summed E-state index contributed by atoms with van der Waals surface area (Å²) in [6.07, 6.45) is 3.45. The van der Waals surface area contributed by atoms with Gasteiger partial charge in [0.15, 0.2) is 0 Å². The molecule has 0 radical (unpaired) electrons. The normalized spacial score (nSPS) is 12.1. The molecule has 0 saturated heterocycles. The summed E-state index contributed by atoms with van der Waals surface area (Å²) in [7, 11) is 3.37. The third kappa shape index (κ3) is 5.20. The van der Waals surface area contributed by atoms with E-state index in [1.54, 1.807) is 20.3 Å². The number of aromatic carboxylic acids is 1. The number of carbonyl (C=O) groups is 1. The van der Waals surface area contributed by atoms with Crippen molar-refractivity contribution in [3.63, 3.8) is 0 Å². The van der Waals surface area contributed by atoms with Crippen molar-refractivity contribution in [1.29, 1.82) is 0 Å². The molecule has 6 nitrogen and oxygen atoms in total. The number of hydrogen-bond donors (Lipinski definition) is 2. The van der Waals surface area contributed by atoms with Crippen molar-refractivity contribution in [2.45, 2.75) is 45.6 Å². The van der Waals surface area contributed by atoms with Crippen LogP contribution >= 0.6 is 0 Å². The van der Waals surface area contributed by atoms with Gasteiger partial charge in [-0.05, 0) is 74.6 Å². The van der Waals surface area contributed by atoms with Crippen LogP contribution in [0.15, 0.2) is 40.8 Å². The lowest BCUT2D eigenvalue weighted by atomic mass is 10.0. The second-order valence-corrected chi connectivity index (χ2v) is 7.67. The maximum absolute atomic E-state index is 11.5. The van der Waals surface area contributed by atoms with Crippen LogP contribution in [0.5, 0.6) is 5.75 Å². The van der Waals surface area contributed by atoms with E-state index < -0.39 is 5.97 Å². The van der Waals surface area contributed by atoms with Gasteiger partial charge in [-0.1, -0.05) is 6.92 Å². The van der Waals surface area contributed by atoms with Crippen molar-refractivity contribution in [3.8, 4) is 5.75 Å². The first-order valence-electron chi connectivity index (χ1n) is 10.7. The molecule has 0 saturated carbocycles. The van der Waals surface area contributed by atoms with Crippen LogP contribution in [0, 0.1) is 6.92 Å². The quantitative estimate of drug-likeness (QED) is 0.368. The lowest BCUT2D eigenvalue weighted by molar-refractivity contribution is 0.0695. The van der Waals surface area contributed by atoms with Crippen molar-refractivity contribution in [3.05, 3.63) is 58.8 Å². The highest BCUT2D eigenvalue weighted by Gasteiger charge is 2.21. The van der Waals surface area contributed by atoms with Gasteiger partial charge < -0.3 is 24.3 Å². The van der Waals surface area contributed by atoms with Gasteiger partial charge in [-0.3, -0.25) is 0 Å². The molecule has 2 aromatic carbocycles. The molecule has 0 fully saturated rings. The number of methoxy groups -OCH3 is 2. The van der Waals surface area contributed by atoms with Gasteiger partial charge in [-0.25, -0.2) is 4.79 Å². The van der Waals surface area contributed by atoms with Crippen molar-refractivity contribution >= 4 is 22.6 Å². The van der Waals surface area contributed by atoms with E-state index in [0.717, 1.165) is 65.2 Å². The topological polar surface area (TPSA) is 80.9 Å². The molecular weight excluding hydrogens is 394 g/mol. The average molecular weight is 426 g/mol. The van der Waals surface area contributed by atoms with Gasteiger partial charge >= 0.3 is 5.97 Å². The summed E-state index contributed by atoms with van der Waals surface area (Å²) in [5.74, 6) is 0.784. The summed E-state index contributed by atoms with van der Waals surface area (Å²) >= 11 is 0. The first-order chi connectivity index (χ1) is 15.0. The first kappa shape index (κ1) is 22.7. The van der Waals surface area contributed by atoms with Crippen molar-refractivity contribution in [1.82, 2.24) is 0 Å². The second-order valence-electron chi connectivity index (χ2n) is 7.67. The van der Waals surface area contributed by atoms with E-state index >= 15 is 0 Å². The predicted octanol–water partition coefficient (Wildman–Crippen LogP) is 5.98. The Kier molecular flexibility index (Phi) is 7.58. The van der Waals surface area contributed by atoms with Crippen LogP contribution < -0.4 is 10.1 Å². The number of furan rings is 1. The van der Waals surface area contributed by atoms with Gasteiger partial charge in [0.25, 0.3) is 0 Å². The molecular formula is C25H31NO5. The number of rotatable bonds is 11. The Bertz CT molecular complexity index is 1040. The van der Waals surface area contributed by atoms with Crippen LogP contribution in [0.2, 0.25) is 0 Å². The fraction of sp³-hybridized carbons (Fsp3) is 0.400. The molecule has 0 bridgehead atoms. The Labute approximate surface area is 183 Å². The lowest BCUT2D eigenvalue weighted by Crippen LogP contribution is -2.12. The molecule has 2 N–H and O–H groups in total. The average Bonchev–Trinajstić information content (AvgIpc) is 3.11. The molecule has 0 spiro atoms. The molecule has 1 heterocycles. The van der Waals surface area contributed by atoms with E-state index in [-0.39, 0.29) is 6.04 Å². The smallest absolute Gasteiger partial charge is 0.335 e. The minimum atomic E-state index is -0.901. The molecule has 0 amide bonds. The minimum Gasteiger partial charge on any atom is -0.497 e. The third-order valence-corrected chi connectivity index (χ3v) is 5.65. The van der Waals surface area contributed by atoms with Gasteiger partial charge in [0.1, 0.15) is 17.1 Å². The zero-order chi connectivity index (χ0) is 22.4. The van der Waals surface area contributed by atoms with Crippen LogP contribution in [-0.4, -0.2) is 31.9 Å². The summed E-state index contributed by atoms with van der Waals surface area (Å²) in [6.45, 7) is 4.75. The fourth-order valence-corrected chi connectivity index (χ4v) is 3.93. The molecule has 31 heavy (non-hydrogen) atoms. The highest BCUT2D eigenvalue weighted by Crippen LogP contribution is 2.35. The maximum atomic E-state index is 11.5. The number of aryl methyl sites for hydroxylation is 2. The van der Waals surface area contributed by atoms with Crippen LogP contribution in [0.1, 0.15) is 59.5 Å². The van der Waals surface area contributed by atoms with Gasteiger partial charge in [-0.15, -0.1) is 0 Å². The van der Waals surface area contributed by atoms with Gasteiger partial charge in [0, 0.05) is 30.4 Å². The number of fused-ring (bicyclic) bond motifs is 1. The van der Waals surface area contributed by atoms with Crippen molar-refractivity contribution < 1.29 is 23.8 Å². The molecule has 3 rings (SSSR count). The Morgan fingerprint density at radius 1 is 1.16 bits per heavy atom. The van der Waals surface area contributed by atoms with Crippen LogP contribution in [-0.2, 0) is 11.2 Å². The molecule has 0 aliphatic heterocycles. The number of carboxylic acid groups (broad SMARTS) is 1. The van der Waals surface area contributed by atoms with Crippen LogP contribution in [0.25, 0.3) is 11.0 Å². The molecule has 0 aliphatic rings. The molecule has 1 atom stereocenters. The number of benzene rings is 2. The largest absolute Gasteiger partial charge is 0.497 e. The third-order valence-electron chi connectivity index (χ3n) is 5.65. The SMILES string of the molecule is CCc1cc(NC(CCCCOC)c2oc3ccc(OC)cc3c2C)ccc1C(=O)O. The molecule has 1 aromatic heterocycles. The maximum Gasteiger partial charge on any atom is 0.335 e. The molecule has 3 aromatic rings. The minimum absolute atomic E-state index is 0.0457. The van der Waals surface area contributed by atoms with Crippen molar-refractivity contribution in [2.75, 3.05) is 26.1 Å². The second kappa shape index (κ2) is 10.4. The van der Waals surface area contributed by atoms with Gasteiger partial charge in [-0.2, -0.15) is 0 Å². The van der Waals surface area contributed by atoms with E-state index in [0.29, 0.717) is 12.0 Å². The summed E-state index contributed by atoms with van der Waals surface area (Å²) < 4.78 is 16.8. The molecule has 6 heteroatoms. The van der Waals surface area contributed by atoms with E-state index in [4.69, 9.17) is 13.9 Å². The van der Waals surface area contributed by atoms with E-state index in [9.17, 15) is 9.90 Å². The molecule has 0 aliphatic carbocycles. The van der Waals surface area contributed by atoms with E-state index in [2.05, 4.69) is 12.2 Å². The number of nitrogens with one attached hydrogen (secondary N) is 1. The Morgan fingerprint density at radius 2 is 1.97 bits per heavy atom. The summed E-state index contributed by atoms with van der Waals surface area (Å²) in [5.41, 5.74) is 3.94. The molecule has 166 valence electrons. The predicted molar refractivity (Wildman–Crippen MR) is 122 cm³/mol. The zero-order valence-corrected chi connectivity index (χ0v) is 18.7. The van der Waals surface area contributed by atoms with Gasteiger partial charge in [0.2, 0.25) is 0 Å². The number of hydrogen-bond acceptors (Lipinski definition) is 5. The fourth-order valence-electron chi connectivity index (χ4n) is 3.93. The van der Waals surface area contributed by atoms with Crippen LogP contribution in [0.4, 0.5) is 5.69 Å². The number of unbranched alkanes of at least 4 members (excludes halogenated alkanes) is 1. The number of anilines is 1.